The van der Waals surface area contributed by atoms with E-state index in [1.165, 1.54) is 6.07 Å². The number of aryl methyl sites for hydroxylation is 2. The third-order valence-electron chi connectivity index (χ3n) is 4.89. The topological polar surface area (TPSA) is 59.8 Å². The molecule has 6 heteroatoms. The number of anilines is 1. The summed E-state index contributed by atoms with van der Waals surface area (Å²) in [5.74, 6) is 0.822. The number of rotatable bonds is 3. The van der Waals surface area contributed by atoms with Crippen molar-refractivity contribution in [3.8, 4) is 11.4 Å². The van der Waals surface area contributed by atoms with Crippen molar-refractivity contribution < 1.29 is 9.18 Å². The van der Waals surface area contributed by atoms with Gasteiger partial charge in [0.1, 0.15) is 11.6 Å². The summed E-state index contributed by atoms with van der Waals surface area (Å²) in [5, 5.41) is 11.3. The summed E-state index contributed by atoms with van der Waals surface area (Å²) in [6, 6.07) is 11.9. The van der Waals surface area contributed by atoms with E-state index in [-0.39, 0.29) is 11.7 Å². The first-order valence-corrected chi connectivity index (χ1v) is 9.22. The molecule has 4 rings (SSSR count). The Kier molecular flexibility index (Phi) is 4.71. The fourth-order valence-corrected chi connectivity index (χ4v) is 3.37. The highest BCUT2D eigenvalue weighted by Gasteiger charge is 2.19. The van der Waals surface area contributed by atoms with Crippen molar-refractivity contribution in [3.05, 3.63) is 65.2 Å². The molecule has 0 spiro atoms. The molecule has 0 radical (unpaired) electrons. The van der Waals surface area contributed by atoms with Crippen molar-refractivity contribution in [2.45, 2.75) is 39.2 Å². The summed E-state index contributed by atoms with van der Waals surface area (Å²) in [6.07, 6.45) is 4.10. The second kappa shape index (κ2) is 7.31. The van der Waals surface area contributed by atoms with Gasteiger partial charge in [-0.25, -0.2) is 4.39 Å². The van der Waals surface area contributed by atoms with E-state index in [9.17, 15) is 9.18 Å². The van der Waals surface area contributed by atoms with Gasteiger partial charge in [0.25, 0.3) is 5.91 Å². The number of carbonyl (C=O) groups is 1. The minimum absolute atomic E-state index is 0.229. The number of fused-ring (bicyclic) bond motifs is 1. The fraction of sp³-hybridized carbons (Fsp3) is 0.286. The quantitative estimate of drug-likeness (QED) is 0.751. The van der Waals surface area contributed by atoms with Crippen LogP contribution in [0.15, 0.2) is 42.5 Å². The third-order valence-corrected chi connectivity index (χ3v) is 4.89. The minimum atomic E-state index is -0.372. The maximum atomic E-state index is 14.5. The summed E-state index contributed by atoms with van der Waals surface area (Å²) in [7, 11) is 0. The zero-order chi connectivity index (χ0) is 18.8. The van der Waals surface area contributed by atoms with Gasteiger partial charge in [0.05, 0.1) is 5.56 Å². The number of hydrogen-bond acceptors (Lipinski definition) is 3. The summed E-state index contributed by atoms with van der Waals surface area (Å²) in [4.78, 5) is 12.4. The van der Waals surface area contributed by atoms with Gasteiger partial charge in [-0.05, 0) is 50.1 Å². The van der Waals surface area contributed by atoms with Gasteiger partial charge in [-0.3, -0.25) is 4.79 Å². The Bertz CT molecular complexity index is 978. The van der Waals surface area contributed by atoms with Crippen molar-refractivity contribution in [1.29, 1.82) is 0 Å². The molecule has 3 aromatic rings. The van der Waals surface area contributed by atoms with E-state index >= 15 is 0 Å². The molecule has 0 bridgehead atoms. The monoisotopic (exact) mass is 364 g/mol. The van der Waals surface area contributed by atoms with Gasteiger partial charge in [0, 0.05) is 24.2 Å². The lowest BCUT2D eigenvalue weighted by Crippen LogP contribution is -2.12. The number of aromatic nitrogens is 3. The van der Waals surface area contributed by atoms with Crippen LogP contribution in [0.4, 0.5) is 10.1 Å². The van der Waals surface area contributed by atoms with Crippen LogP contribution in [0.1, 0.15) is 41.0 Å². The Morgan fingerprint density at radius 1 is 1.07 bits per heavy atom. The second-order valence-corrected chi connectivity index (χ2v) is 6.92. The van der Waals surface area contributed by atoms with E-state index < -0.39 is 0 Å². The number of carbonyl (C=O) groups excluding carboxylic acids is 1. The van der Waals surface area contributed by atoms with Crippen LogP contribution in [0.5, 0.6) is 0 Å². The van der Waals surface area contributed by atoms with Gasteiger partial charge in [0.15, 0.2) is 5.82 Å². The van der Waals surface area contributed by atoms with E-state index in [2.05, 4.69) is 15.5 Å². The highest BCUT2D eigenvalue weighted by molar-refractivity contribution is 6.04. The van der Waals surface area contributed by atoms with E-state index in [0.29, 0.717) is 22.6 Å². The van der Waals surface area contributed by atoms with Gasteiger partial charge in [-0.2, -0.15) is 0 Å². The molecule has 1 N–H and O–H groups in total. The number of benzene rings is 2. The molecule has 138 valence electrons. The third kappa shape index (κ3) is 3.60. The lowest BCUT2D eigenvalue weighted by Gasteiger charge is -2.10. The zero-order valence-electron chi connectivity index (χ0n) is 15.2. The lowest BCUT2D eigenvalue weighted by molar-refractivity contribution is 0.102. The maximum Gasteiger partial charge on any atom is 0.255 e. The van der Waals surface area contributed by atoms with E-state index in [1.54, 1.807) is 24.3 Å². The first-order valence-electron chi connectivity index (χ1n) is 9.22. The maximum absolute atomic E-state index is 14.5. The van der Waals surface area contributed by atoms with Crippen LogP contribution in [0.3, 0.4) is 0 Å². The molecule has 0 saturated carbocycles. The predicted octanol–water partition coefficient (Wildman–Crippen LogP) is 4.37. The van der Waals surface area contributed by atoms with Crippen LogP contribution in [0.2, 0.25) is 0 Å². The molecule has 27 heavy (non-hydrogen) atoms. The van der Waals surface area contributed by atoms with Crippen LogP contribution in [0, 0.1) is 12.7 Å². The Morgan fingerprint density at radius 2 is 1.89 bits per heavy atom. The summed E-state index contributed by atoms with van der Waals surface area (Å²) >= 11 is 0. The van der Waals surface area contributed by atoms with Crippen molar-refractivity contribution in [3.63, 3.8) is 0 Å². The lowest BCUT2D eigenvalue weighted by atomic mass is 10.1. The molecule has 2 heterocycles. The average Bonchev–Trinajstić information content (AvgIpc) is 2.91. The number of amides is 1. The smallest absolute Gasteiger partial charge is 0.255 e. The van der Waals surface area contributed by atoms with Gasteiger partial charge < -0.3 is 9.88 Å². The fourth-order valence-electron chi connectivity index (χ4n) is 3.37. The highest BCUT2D eigenvalue weighted by Crippen LogP contribution is 2.27. The van der Waals surface area contributed by atoms with Crippen LogP contribution in [-0.2, 0) is 13.0 Å². The molecule has 0 atom stereocenters. The van der Waals surface area contributed by atoms with Gasteiger partial charge in [-0.15, -0.1) is 10.2 Å². The number of hydrogen-bond donors (Lipinski definition) is 1. The molecule has 0 fully saturated rings. The molecule has 1 aliphatic rings. The Balaban J connectivity index is 1.63. The van der Waals surface area contributed by atoms with Gasteiger partial charge in [0.2, 0.25) is 0 Å². The first-order chi connectivity index (χ1) is 13.1. The largest absolute Gasteiger partial charge is 0.322 e. The summed E-state index contributed by atoms with van der Waals surface area (Å²) in [5.41, 5.74) is 2.53. The molecule has 1 amide bonds. The second-order valence-electron chi connectivity index (χ2n) is 6.92. The van der Waals surface area contributed by atoms with Crippen LogP contribution in [0.25, 0.3) is 11.4 Å². The molecular formula is C21H21FN4O. The predicted molar refractivity (Wildman–Crippen MR) is 102 cm³/mol. The van der Waals surface area contributed by atoms with Gasteiger partial charge >= 0.3 is 0 Å². The highest BCUT2D eigenvalue weighted by atomic mass is 19.1. The summed E-state index contributed by atoms with van der Waals surface area (Å²) < 4.78 is 16.5. The molecule has 0 unspecified atom stereocenters. The zero-order valence-corrected chi connectivity index (χ0v) is 15.2. The SMILES string of the molecule is Cc1ccc(C(=O)Nc2ccc(F)c(-c3nnc4n3CCCCC4)c2)cc1. The van der Waals surface area contributed by atoms with E-state index in [0.717, 1.165) is 43.6 Å². The van der Waals surface area contributed by atoms with Crippen LogP contribution >= 0.6 is 0 Å². The van der Waals surface area contributed by atoms with Crippen LogP contribution < -0.4 is 5.32 Å². The van der Waals surface area contributed by atoms with E-state index in [1.807, 2.05) is 23.6 Å². The minimum Gasteiger partial charge on any atom is -0.322 e. The molecule has 0 saturated heterocycles. The number of halogens is 1. The van der Waals surface area contributed by atoms with Crippen molar-refractivity contribution in [1.82, 2.24) is 14.8 Å². The number of nitrogens with zero attached hydrogens (tertiary/aromatic N) is 3. The molecule has 1 aliphatic heterocycles. The van der Waals surface area contributed by atoms with E-state index in [4.69, 9.17) is 0 Å². The van der Waals surface area contributed by atoms with Crippen LogP contribution in [-0.4, -0.2) is 20.7 Å². The Hall–Kier alpha value is -3.02. The Morgan fingerprint density at radius 3 is 2.70 bits per heavy atom. The summed E-state index contributed by atoms with van der Waals surface area (Å²) in [6.45, 7) is 2.76. The van der Waals surface area contributed by atoms with Gasteiger partial charge in [-0.1, -0.05) is 24.1 Å². The standard InChI is InChI=1S/C21H21FN4O/c1-14-6-8-15(9-7-14)21(27)23-16-10-11-18(22)17(13-16)20-25-24-19-5-3-2-4-12-26(19)20/h6-11,13H,2-5,12H2,1H3,(H,23,27). The van der Waals surface area contributed by atoms with Crippen molar-refractivity contribution in [2.75, 3.05) is 5.32 Å². The number of nitrogens with one attached hydrogen (secondary N) is 1. The molecule has 0 aliphatic carbocycles. The average molecular weight is 364 g/mol. The molecule has 5 nitrogen and oxygen atoms in total. The molecular weight excluding hydrogens is 343 g/mol. The van der Waals surface area contributed by atoms with Crippen molar-refractivity contribution >= 4 is 11.6 Å². The first kappa shape index (κ1) is 17.4. The molecule has 2 aromatic carbocycles. The molecule has 1 aromatic heterocycles. The van der Waals surface area contributed by atoms with Crippen molar-refractivity contribution in [2.24, 2.45) is 0 Å². The Labute approximate surface area is 157 Å². The normalized spacial score (nSPS) is 13.7.